The fourth-order valence-electron chi connectivity index (χ4n) is 0.571. The molecular weight excluding hydrogens is 138 g/mol. The quantitative estimate of drug-likeness (QED) is 0.641. The van der Waals surface area contributed by atoms with E-state index >= 15 is 0 Å². The number of aromatic nitrogens is 3. The number of rotatable bonds is 2. The predicted octanol–water partition coefficient (Wildman–Crippen LogP) is 1.49. The highest BCUT2D eigenvalue weighted by atomic mass is 35.5. The van der Waals surface area contributed by atoms with E-state index in [0.717, 1.165) is 12.1 Å². The fourth-order valence-corrected chi connectivity index (χ4v) is 0.676. The number of aromatic amines is 1. The highest BCUT2D eigenvalue weighted by molar-refractivity contribution is 6.20. The lowest BCUT2D eigenvalue weighted by Gasteiger charge is -1.96. The highest BCUT2D eigenvalue weighted by Gasteiger charge is 2.05. The molecule has 1 aromatic rings. The van der Waals surface area contributed by atoms with E-state index in [1.165, 1.54) is 0 Å². The van der Waals surface area contributed by atoms with E-state index in [-0.39, 0.29) is 5.38 Å². The average Bonchev–Trinajstić information content (AvgIpc) is 2.37. The lowest BCUT2D eigenvalue weighted by Crippen LogP contribution is -1.86. The maximum atomic E-state index is 5.81. The minimum Gasteiger partial charge on any atom is -0.198 e. The molecule has 4 heteroatoms. The first kappa shape index (κ1) is 6.55. The van der Waals surface area contributed by atoms with Gasteiger partial charge in [0, 0.05) is 0 Å². The van der Waals surface area contributed by atoms with Crippen LogP contribution in [0.3, 0.4) is 0 Å². The van der Waals surface area contributed by atoms with Crippen LogP contribution in [0.25, 0.3) is 0 Å². The summed E-state index contributed by atoms with van der Waals surface area (Å²) in [5.74, 6) is 0. The van der Waals surface area contributed by atoms with E-state index in [2.05, 4.69) is 15.4 Å². The normalized spacial score (nSPS) is 13.6. The molecule has 1 heterocycles. The van der Waals surface area contributed by atoms with Gasteiger partial charge in [0.2, 0.25) is 0 Å². The van der Waals surface area contributed by atoms with Crippen molar-refractivity contribution in [3.8, 4) is 0 Å². The smallest absolute Gasteiger partial charge is 0.100 e. The molecule has 0 aromatic carbocycles. The number of nitrogens with one attached hydrogen (secondary N) is 1. The fraction of sp³-hybridized carbons (Fsp3) is 0.600. The van der Waals surface area contributed by atoms with Crippen molar-refractivity contribution in [2.24, 2.45) is 0 Å². The summed E-state index contributed by atoms with van der Waals surface area (Å²) in [7, 11) is 0. The lowest BCUT2D eigenvalue weighted by atomic mass is 10.3. The first-order valence-electron chi connectivity index (χ1n) is 2.84. The zero-order valence-corrected chi connectivity index (χ0v) is 5.89. The van der Waals surface area contributed by atoms with E-state index in [1.807, 2.05) is 6.92 Å². The van der Waals surface area contributed by atoms with Gasteiger partial charge in [0.15, 0.2) is 0 Å². The molecule has 1 atom stereocenters. The Balaban J connectivity index is 2.65. The van der Waals surface area contributed by atoms with Gasteiger partial charge in [-0.25, -0.2) is 0 Å². The molecule has 50 valence electrons. The molecule has 0 aliphatic rings. The van der Waals surface area contributed by atoms with Crippen LogP contribution in [0.2, 0.25) is 0 Å². The van der Waals surface area contributed by atoms with E-state index in [0.29, 0.717) is 0 Å². The van der Waals surface area contributed by atoms with Gasteiger partial charge < -0.3 is 0 Å². The molecular formula is C5H8ClN3. The number of hydrogen-bond acceptors (Lipinski definition) is 2. The molecule has 3 nitrogen and oxygen atoms in total. The van der Waals surface area contributed by atoms with Gasteiger partial charge in [-0.3, -0.25) is 0 Å². The third kappa shape index (κ3) is 1.42. The molecule has 1 unspecified atom stereocenters. The van der Waals surface area contributed by atoms with Crippen LogP contribution >= 0.6 is 11.6 Å². The average molecular weight is 146 g/mol. The van der Waals surface area contributed by atoms with Crippen molar-refractivity contribution in [3.63, 3.8) is 0 Å². The molecule has 1 aromatic heterocycles. The second-order valence-corrected chi connectivity index (χ2v) is 2.30. The molecule has 0 spiro atoms. The topological polar surface area (TPSA) is 41.6 Å². The summed E-state index contributed by atoms with van der Waals surface area (Å²) in [5, 5.41) is 9.95. The van der Waals surface area contributed by atoms with Crippen molar-refractivity contribution in [2.45, 2.75) is 18.7 Å². The molecule has 0 amide bonds. The molecule has 0 saturated carbocycles. The van der Waals surface area contributed by atoms with Crippen LogP contribution in [0.4, 0.5) is 0 Å². The first-order valence-corrected chi connectivity index (χ1v) is 3.28. The number of H-pyrrole nitrogens is 1. The molecule has 0 aliphatic heterocycles. The lowest BCUT2D eigenvalue weighted by molar-refractivity contribution is 0.827. The number of alkyl halides is 1. The van der Waals surface area contributed by atoms with Gasteiger partial charge >= 0.3 is 0 Å². The van der Waals surface area contributed by atoms with Gasteiger partial charge in [-0.2, -0.15) is 15.4 Å². The van der Waals surface area contributed by atoms with Crippen LogP contribution in [-0.4, -0.2) is 15.4 Å². The molecule has 0 fully saturated rings. The first-order chi connectivity index (χ1) is 4.34. The molecule has 1 N–H and O–H groups in total. The van der Waals surface area contributed by atoms with Gasteiger partial charge in [0.1, 0.15) is 5.69 Å². The summed E-state index contributed by atoms with van der Waals surface area (Å²) in [6.45, 7) is 2.01. The van der Waals surface area contributed by atoms with E-state index in [1.54, 1.807) is 6.20 Å². The summed E-state index contributed by atoms with van der Waals surface area (Å²) in [4.78, 5) is 0. The minimum atomic E-state index is 0.00347. The Morgan fingerprint density at radius 1 is 1.89 bits per heavy atom. The third-order valence-corrected chi connectivity index (χ3v) is 1.65. The van der Waals surface area contributed by atoms with Crippen molar-refractivity contribution < 1.29 is 0 Å². The number of halogens is 1. The van der Waals surface area contributed by atoms with Gasteiger partial charge in [0.25, 0.3) is 0 Å². The molecule has 0 aliphatic carbocycles. The Labute approximate surface area is 58.4 Å². The van der Waals surface area contributed by atoms with Crippen LogP contribution in [0.1, 0.15) is 24.4 Å². The molecule has 9 heavy (non-hydrogen) atoms. The van der Waals surface area contributed by atoms with E-state index in [4.69, 9.17) is 11.6 Å². The Morgan fingerprint density at radius 2 is 2.67 bits per heavy atom. The van der Waals surface area contributed by atoms with Crippen LogP contribution in [0, 0.1) is 0 Å². The maximum Gasteiger partial charge on any atom is 0.100 e. The zero-order valence-electron chi connectivity index (χ0n) is 5.13. The monoisotopic (exact) mass is 145 g/mol. The summed E-state index contributed by atoms with van der Waals surface area (Å²) in [5.41, 5.74) is 0.819. The van der Waals surface area contributed by atoms with Crippen molar-refractivity contribution in [2.75, 3.05) is 0 Å². The summed E-state index contributed by atoms with van der Waals surface area (Å²) in [6.07, 6.45) is 2.52. The van der Waals surface area contributed by atoms with Crippen molar-refractivity contribution in [1.29, 1.82) is 0 Å². The third-order valence-electron chi connectivity index (χ3n) is 1.11. The van der Waals surface area contributed by atoms with Crippen LogP contribution < -0.4 is 0 Å². The van der Waals surface area contributed by atoms with Gasteiger partial charge in [-0.05, 0) is 6.42 Å². The van der Waals surface area contributed by atoms with Gasteiger partial charge in [-0.1, -0.05) is 6.92 Å². The summed E-state index contributed by atoms with van der Waals surface area (Å²) < 4.78 is 0. The Kier molecular flexibility index (Phi) is 2.05. The van der Waals surface area contributed by atoms with Crippen LogP contribution in [0.5, 0.6) is 0 Å². The number of hydrogen-bond donors (Lipinski definition) is 1. The Hall–Kier alpha value is -0.570. The predicted molar refractivity (Wildman–Crippen MR) is 35.3 cm³/mol. The SMILES string of the molecule is CCC(Cl)c1cn[nH]n1. The molecule has 0 bridgehead atoms. The van der Waals surface area contributed by atoms with Crippen LogP contribution in [0.15, 0.2) is 6.20 Å². The van der Waals surface area contributed by atoms with Gasteiger partial charge in [0.05, 0.1) is 11.6 Å². The maximum absolute atomic E-state index is 5.81. The summed E-state index contributed by atoms with van der Waals surface area (Å²) in [6, 6.07) is 0. The highest BCUT2D eigenvalue weighted by Crippen LogP contribution is 2.19. The minimum absolute atomic E-state index is 0.00347. The molecule has 1 rings (SSSR count). The Bertz CT molecular complexity index is 161. The zero-order chi connectivity index (χ0) is 6.69. The number of nitrogens with zero attached hydrogens (tertiary/aromatic N) is 2. The second-order valence-electron chi connectivity index (χ2n) is 1.77. The second kappa shape index (κ2) is 2.82. The largest absolute Gasteiger partial charge is 0.198 e. The molecule has 0 radical (unpaired) electrons. The summed E-state index contributed by atoms with van der Waals surface area (Å²) >= 11 is 5.81. The van der Waals surface area contributed by atoms with Crippen molar-refractivity contribution >= 4 is 11.6 Å². The van der Waals surface area contributed by atoms with Crippen molar-refractivity contribution in [3.05, 3.63) is 11.9 Å². The van der Waals surface area contributed by atoms with Gasteiger partial charge in [-0.15, -0.1) is 11.6 Å². The standard InChI is InChI=1S/C5H8ClN3/c1-2-4(6)5-3-7-9-8-5/h3-4H,2H2,1H3,(H,7,8,9). The van der Waals surface area contributed by atoms with E-state index in [9.17, 15) is 0 Å². The molecule has 0 saturated heterocycles. The Morgan fingerprint density at radius 3 is 3.11 bits per heavy atom. The van der Waals surface area contributed by atoms with Crippen LogP contribution in [-0.2, 0) is 0 Å². The van der Waals surface area contributed by atoms with Crippen molar-refractivity contribution in [1.82, 2.24) is 15.4 Å². The van der Waals surface area contributed by atoms with E-state index < -0.39 is 0 Å².